The van der Waals surface area contributed by atoms with E-state index in [0.717, 1.165) is 12.8 Å². The molecule has 5 heteroatoms. The first-order valence-electron chi connectivity index (χ1n) is 8.15. The van der Waals surface area contributed by atoms with Crippen LogP contribution in [-0.2, 0) is 9.53 Å². The molecular weight excluding hydrogens is 282 g/mol. The molecule has 0 aliphatic rings. The summed E-state index contributed by atoms with van der Waals surface area (Å²) in [6.45, 7) is 13.4. The Kier molecular flexibility index (Phi) is 7.91. The van der Waals surface area contributed by atoms with Crippen LogP contribution in [0.2, 0.25) is 0 Å². The highest BCUT2D eigenvalue weighted by Gasteiger charge is 2.44. The van der Waals surface area contributed by atoms with Gasteiger partial charge in [-0.2, -0.15) is 0 Å². The monoisotopic (exact) mass is 315 g/mol. The number of rotatable bonds is 8. The molecule has 2 unspecified atom stereocenters. The van der Waals surface area contributed by atoms with E-state index >= 15 is 0 Å². The van der Waals surface area contributed by atoms with Crippen molar-refractivity contribution in [3.63, 3.8) is 0 Å². The van der Waals surface area contributed by atoms with Crippen molar-refractivity contribution in [2.45, 2.75) is 73.3 Å². The van der Waals surface area contributed by atoms with Crippen molar-refractivity contribution in [1.82, 2.24) is 5.32 Å². The van der Waals surface area contributed by atoms with Crippen LogP contribution in [0, 0.1) is 17.3 Å². The molecule has 0 aromatic carbocycles. The minimum atomic E-state index is -0.957. The highest BCUT2D eigenvalue weighted by molar-refractivity contribution is 5.77. The first kappa shape index (κ1) is 20.7. The Hall–Kier alpha value is -1.26. The molecule has 0 aromatic heterocycles. The minimum Gasteiger partial charge on any atom is -0.481 e. The summed E-state index contributed by atoms with van der Waals surface area (Å²) in [5.41, 5.74) is -1.55. The average molecular weight is 315 g/mol. The summed E-state index contributed by atoms with van der Waals surface area (Å²) in [5, 5.41) is 12.5. The first-order valence-corrected chi connectivity index (χ1v) is 8.15. The van der Waals surface area contributed by atoms with Crippen LogP contribution in [0.5, 0.6) is 0 Å². The Balaban J connectivity index is 5.14. The highest BCUT2D eigenvalue weighted by atomic mass is 16.6. The number of aliphatic carboxylic acids is 1. The second-order valence-corrected chi connectivity index (χ2v) is 7.60. The molecule has 0 bridgehead atoms. The fourth-order valence-electron chi connectivity index (χ4n) is 2.80. The van der Waals surface area contributed by atoms with Crippen LogP contribution in [0.1, 0.15) is 67.7 Å². The molecule has 0 radical (unpaired) electrons. The Morgan fingerprint density at radius 2 is 1.73 bits per heavy atom. The zero-order chi connectivity index (χ0) is 17.6. The van der Waals surface area contributed by atoms with Gasteiger partial charge in [-0.05, 0) is 45.4 Å². The maximum Gasteiger partial charge on any atom is 0.407 e. The summed E-state index contributed by atoms with van der Waals surface area (Å²) in [7, 11) is 0. The number of amides is 1. The van der Waals surface area contributed by atoms with Crippen LogP contribution >= 0.6 is 0 Å². The fraction of sp³-hybridized carbons (Fsp3) is 0.882. The van der Waals surface area contributed by atoms with E-state index in [1.165, 1.54) is 0 Å². The maximum atomic E-state index is 12.0. The number of alkyl carbamates (subject to hydrolysis) is 1. The lowest BCUT2D eigenvalue weighted by molar-refractivity contribution is -0.153. The number of carbonyl (C=O) groups excluding carboxylic acids is 1. The molecule has 0 saturated carbocycles. The predicted octanol–water partition coefficient (Wildman–Crippen LogP) is 4.06. The highest BCUT2D eigenvalue weighted by Crippen LogP contribution is 2.37. The van der Waals surface area contributed by atoms with Gasteiger partial charge in [0.2, 0.25) is 0 Å². The number of carboxylic acid groups (broad SMARTS) is 1. The summed E-state index contributed by atoms with van der Waals surface area (Å²) < 4.78 is 5.21. The summed E-state index contributed by atoms with van der Waals surface area (Å²) in [6.07, 6.45) is 1.69. The largest absolute Gasteiger partial charge is 0.481 e. The van der Waals surface area contributed by atoms with Crippen LogP contribution in [0.25, 0.3) is 0 Å². The summed E-state index contributed by atoms with van der Waals surface area (Å²) in [6, 6.07) is 0. The second-order valence-electron chi connectivity index (χ2n) is 7.60. The molecule has 0 rings (SSSR count). The molecule has 0 fully saturated rings. The van der Waals surface area contributed by atoms with Crippen LogP contribution < -0.4 is 5.32 Å². The maximum absolute atomic E-state index is 12.0. The molecule has 5 nitrogen and oxygen atoms in total. The van der Waals surface area contributed by atoms with Crippen molar-refractivity contribution in [2.24, 2.45) is 17.3 Å². The first-order chi connectivity index (χ1) is 9.94. The smallest absolute Gasteiger partial charge is 0.407 e. The molecule has 0 aromatic rings. The van der Waals surface area contributed by atoms with Crippen molar-refractivity contribution >= 4 is 12.1 Å². The Labute approximate surface area is 134 Å². The standard InChI is InChI=1S/C17H33NO4/c1-8-9-13(4)17(14(19)20,10-12(2)3)11-18-15(21)22-16(5,6)7/h12-13H,8-11H2,1-7H3,(H,18,21)(H,19,20). The lowest BCUT2D eigenvalue weighted by atomic mass is 9.69. The minimum absolute atomic E-state index is 0.0210. The third-order valence-corrected chi connectivity index (χ3v) is 3.81. The molecule has 0 heterocycles. The van der Waals surface area contributed by atoms with Gasteiger partial charge in [0.1, 0.15) is 5.60 Å². The van der Waals surface area contributed by atoms with Gasteiger partial charge in [0.25, 0.3) is 0 Å². The summed E-state index contributed by atoms with van der Waals surface area (Å²) >= 11 is 0. The average Bonchev–Trinajstić information content (AvgIpc) is 2.31. The topological polar surface area (TPSA) is 75.6 Å². The van der Waals surface area contributed by atoms with Gasteiger partial charge in [-0.1, -0.05) is 34.1 Å². The summed E-state index contributed by atoms with van der Waals surface area (Å²) in [5.74, 6) is -0.638. The van der Waals surface area contributed by atoms with E-state index in [0.29, 0.717) is 6.42 Å². The predicted molar refractivity (Wildman–Crippen MR) is 87.8 cm³/mol. The molecule has 0 aliphatic carbocycles. The van der Waals surface area contributed by atoms with Crippen molar-refractivity contribution in [3.05, 3.63) is 0 Å². The summed E-state index contributed by atoms with van der Waals surface area (Å²) in [4.78, 5) is 23.8. The number of hydrogen-bond donors (Lipinski definition) is 2. The van der Waals surface area contributed by atoms with Crippen molar-refractivity contribution in [3.8, 4) is 0 Å². The molecule has 22 heavy (non-hydrogen) atoms. The number of hydrogen-bond acceptors (Lipinski definition) is 3. The SMILES string of the molecule is CCCC(C)C(CNC(=O)OC(C)(C)C)(CC(C)C)C(=O)O. The van der Waals surface area contributed by atoms with Crippen LogP contribution in [0.3, 0.4) is 0 Å². The number of nitrogens with one attached hydrogen (secondary N) is 1. The van der Waals surface area contributed by atoms with Crippen molar-refractivity contribution in [2.75, 3.05) is 6.54 Å². The van der Waals surface area contributed by atoms with Crippen molar-refractivity contribution in [1.29, 1.82) is 0 Å². The molecule has 0 aliphatic heterocycles. The molecular formula is C17H33NO4. The molecule has 2 atom stereocenters. The van der Waals surface area contributed by atoms with Crippen LogP contribution in [0.4, 0.5) is 4.79 Å². The molecule has 0 saturated heterocycles. The lowest BCUT2D eigenvalue weighted by Crippen LogP contribution is -2.49. The van der Waals surface area contributed by atoms with E-state index in [9.17, 15) is 14.7 Å². The van der Waals surface area contributed by atoms with Crippen LogP contribution in [0.15, 0.2) is 0 Å². The van der Waals surface area contributed by atoms with E-state index in [-0.39, 0.29) is 18.4 Å². The third kappa shape index (κ3) is 6.67. The Bertz CT molecular complexity index is 373. The van der Waals surface area contributed by atoms with Gasteiger partial charge in [-0.15, -0.1) is 0 Å². The normalized spacial score (nSPS) is 16.0. The van der Waals surface area contributed by atoms with E-state index in [1.807, 2.05) is 27.7 Å². The van der Waals surface area contributed by atoms with Gasteiger partial charge >= 0.3 is 12.1 Å². The lowest BCUT2D eigenvalue weighted by Gasteiger charge is -2.37. The zero-order valence-electron chi connectivity index (χ0n) is 15.2. The number of ether oxygens (including phenoxy) is 1. The van der Waals surface area contributed by atoms with Gasteiger partial charge in [-0.3, -0.25) is 4.79 Å². The van der Waals surface area contributed by atoms with Gasteiger partial charge in [0.05, 0.1) is 5.41 Å². The van der Waals surface area contributed by atoms with Gasteiger partial charge in [0, 0.05) is 6.54 Å². The van der Waals surface area contributed by atoms with Gasteiger partial charge in [-0.25, -0.2) is 4.79 Å². The quantitative estimate of drug-likeness (QED) is 0.708. The zero-order valence-corrected chi connectivity index (χ0v) is 15.2. The molecule has 130 valence electrons. The van der Waals surface area contributed by atoms with Gasteiger partial charge in [0.15, 0.2) is 0 Å². The van der Waals surface area contributed by atoms with E-state index in [1.54, 1.807) is 20.8 Å². The van der Waals surface area contributed by atoms with Gasteiger partial charge < -0.3 is 15.2 Å². The molecule has 0 spiro atoms. The van der Waals surface area contributed by atoms with E-state index in [4.69, 9.17) is 4.74 Å². The second kappa shape index (κ2) is 8.39. The fourth-order valence-corrected chi connectivity index (χ4v) is 2.80. The number of carboxylic acids is 1. The molecule has 1 amide bonds. The third-order valence-electron chi connectivity index (χ3n) is 3.81. The Morgan fingerprint density at radius 3 is 2.09 bits per heavy atom. The van der Waals surface area contributed by atoms with Crippen molar-refractivity contribution < 1.29 is 19.4 Å². The van der Waals surface area contributed by atoms with E-state index < -0.39 is 23.1 Å². The van der Waals surface area contributed by atoms with Crippen LogP contribution in [-0.4, -0.2) is 29.3 Å². The number of carbonyl (C=O) groups is 2. The Morgan fingerprint density at radius 1 is 1.18 bits per heavy atom. The van der Waals surface area contributed by atoms with E-state index in [2.05, 4.69) is 5.32 Å². The molecule has 2 N–H and O–H groups in total.